The van der Waals surface area contributed by atoms with Crippen molar-refractivity contribution in [3.05, 3.63) is 29.0 Å². The summed E-state index contributed by atoms with van der Waals surface area (Å²) in [5.74, 6) is -0.683. The molecule has 0 saturated heterocycles. The van der Waals surface area contributed by atoms with Crippen LogP contribution in [-0.2, 0) is 10.0 Å². The third-order valence-electron chi connectivity index (χ3n) is 1.61. The number of hydrogen-bond acceptors (Lipinski definition) is 3. The Morgan fingerprint density at radius 2 is 2.13 bits per heavy atom. The molecule has 0 bridgehead atoms. The Kier molecular flexibility index (Phi) is 4.04. The van der Waals surface area contributed by atoms with E-state index in [0.717, 1.165) is 18.2 Å². The number of benzene rings is 1. The van der Waals surface area contributed by atoms with Crippen molar-refractivity contribution in [2.24, 2.45) is 0 Å². The summed E-state index contributed by atoms with van der Waals surface area (Å²) in [4.78, 5) is -0.137. The van der Waals surface area contributed by atoms with Gasteiger partial charge in [0.05, 0.1) is 16.5 Å². The molecule has 0 saturated carbocycles. The topological polar surface area (TPSA) is 66.4 Å². The van der Waals surface area contributed by atoms with Gasteiger partial charge in [-0.1, -0.05) is 11.6 Å². The predicted molar refractivity (Wildman–Crippen MR) is 53.7 cm³/mol. The second-order valence-corrected chi connectivity index (χ2v) is 4.87. The minimum atomic E-state index is -3.72. The van der Waals surface area contributed by atoms with Crippen LogP contribution in [0.15, 0.2) is 23.1 Å². The molecule has 1 aromatic rings. The molecule has 0 aliphatic heterocycles. The summed E-state index contributed by atoms with van der Waals surface area (Å²) in [6.07, 6.45) is 0. The second-order valence-electron chi connectivity index (χ2n) is 2.70. The highest BCUT2D eigenvalue weighted by Gasteiger charge is 2.14. The number of sulfonamides is 1. The van der Waals surface area contributed by atoms with Crippen molar-refractivity contribution in [2.75, 3.05) is 13.2 Å². The normalized spacial score (nSPS) is 11.7. The third-order valence-corrected chi connectivity index (χ3v) is 3.35. The SMILES string of the molecule is O=S(=O)(NCCO)c1ccc(F)c(Cl)c1. The maximum Gasteiger partial charge on any atom is 0.240 e. The average molecular weight is 254 g/mol. The number of halogens is 2. The molecule has 0 heterocycles. The van der Waals surface area contributed by atoms with Gasteiger partial charge in [0.1, 0.15) is 5.82 Å². The van der Waals surface area contributed by atoms with Crippen molar-refractivity contribution in [1.82, 2.24) is 4.72 Å². The van der Waals surface area contributed by atoms with E-state index in [1.165, 1.54) is 0 Å². The largest absolute Gasteiger partial charge is 0.395 e. The lowest BCUT2D eigenvalue weighted by Crippen LogP contribution is -2.26. The van der Waals surface area contributed by atoms with Crippen LogP contribution in [-0.4, -0.2) is 26.7 Å². The highest BCUT2D eigenvalue weighted by Crippen LogP contribution is 2.18. The maximum atomic E-state index is 12.8. The van der Waals surface area contributed by atoms with Gasteiger partial charge in [0.2, 0.25) is 10.0 Å². The summed E-state index contributed by atoms with van der Waals surface area (Å²) in [5, 5.41) is 8.20. The fourth-order valence-corrected chi connectivity index (χ4v) is 2.20. The fourth-order valence-electron chi connectivity index (χ4n) is 0.907. The first-order valence-electron chi connectivity index (χ1n) is 4.03. The van der Waals surface area contributed by atoms with Crippen LogP contribution in [0.25, 0.3) is 0 Å². The van der Waals surface area contributed by atoms with Crippen LogP contribution in [0.4, 0.5) is 4.39 Å². The number of aliphatic hydroxyl groups excluding tert-OH is 1. The zero-order chi connectivity index (χ0) is 11.5. The van der Waals surface area contributed by atoms with Gasteiger partial charge in [-0.05, 0) is 18.2 Å². The Labute approximate surface area is 91.7 Å². The molecule has 0 aromatic heterocycles. The number of nitrogens with one attached hydrogen (secondary N) is 1. The molecule has 0 aliphatic carbocycles. The molecule has 2 N–H and O–H groups in total. The molecule has 0 aliphatic rings. The van der Waals surface area contributed by atoms with E-state index in [0.29, 0.717) is 0 Å². The molecule has 7 heteroatoms. The highest BCUT2D eigenvalue weighted by molar-refractivity contribution is 7.89. The predicted octanol–water partition coefficient (Wildman–Crippen LogP) is 0.750. The molecular weight excluding hydrogens is 245 g/mol. The molecule has 0 spiro atoms. The van der Waals surface area contributed by atoms with Crippen molar-refractivity contribution in [2.45, 2.75) is 4.90 Å². The summed E-state index contributed by atoms with van der Waals surface area (Å²) < 4.78 is 37.8. The number of hydrogen-bond donors (Lipinski definition) is 2. The van der Waals surface area contributed by atoms with Gasteiger partial charge in [-0.3, -0.25) is 0 Å². The molecule has 84 valence electrons. The molecule has 15 heavy (non-hydrogen) atoms. The van der Waals surface area contributed by atoms with E-state index in [4.69, 9.17) is 16.7 Å². The molecule has 4 nitrogen and oxygen atoms in total. The zero-order valence-corrected chi connectivity index (χ0v) is 9.15. The lowest BCUT2D eigenvalue weighted by Gasteiger charge is -2.05. The second kappa shape index (κ2) is 4.89. The first-order valence-corrected chi connectivity index (χ1v) is 5.89. The smallest absolute Gasteiger partial charge is 0.240 e. The Morgan fingerprint density at radius 3 is 2.67 bits per heavy atom. The van der Waals surface area contributed by atoms with Crippen molar-refractivity contribution in [3.8, 4) is 0 Å². The Hall–Kier alpha value is -0.690. The Bertz CT molecular complexity index is 449. The van der Waals surface area contributed by atoms with Gasteiger partial charge in [0, 0.05) is 6.54 Å². The summed E-state index contributed by atoms with van der Waals surface area (Å²) in [7, 11) is -3.72. The van der Waals surface area contributed by atoms with Crippen molar-refractivity contribution >= 4 is 21.6 Å². The van der Waals surface area contributed by atoms with E-state index >= 15 is 0 Å². The van der Waals surface area contributed by atoms with E-state index in [1.54, 1.807) is 0 Å². The Morgan fingerprint density at radius 1 is 1.47 bits per heavy atom. The average Bonchev–Trinajstić information content (AvgIpc) is 2.19. The van der Waals surface area contributed by atoms with Crippen LogP contribution < -0.4 is 4.72 Å². The van der Waals surface area contributed by atoms with E-state index in [-0.39, 0.29) is 23.1 Å². The molecule has 1 rings (SSSR count). The standard InChI is InChI=1S/C8H9ClFNO3S/c9-7-5-6(1-2-8(7)10)15(13,14)11-3-4-12/h1-2,5,11-12H,3-4H2. The van der Waals surface area contributed by atoms with Crippen molar-refractivity contribution in [3.63, 3.8) is 0 Å². The Balaban J connectivity index is 3.00. The van der Waals surface area contributed by atoms with Crippen LogP contribution in [0.5, 0.6) is 0 Å². The lowest BCUT2D eigenvalue weighted by molar-refractivity contribution is 0.301. The van der Waals surface area contributed by atoms with Gasteiger partial charge >= 0.3 is 0 Å². The van der Waals surface area contributed by atoms with Gasteiger partial charge in [-0.25, -0.2) is 17.5 Å². The first-order chi connectivity index (χ1) is 6.97. The van der Waals surface area contributed by atoms with Crippen LogP contribution in [0, 0.1) is 5.82 Å². The van der Waals surface area contributed by atoms with Gasteiger partial charge < -0.3 is 5.11 Å². The zero-order valence-electron chi connectivity index (χ0n) is 7.57. The van der Waals surface area contributed by atoms with E-state index in [9.17, 15) is 12.8 Å². The molecule has 0 fully saturated rings. The lowest BCUT2D eigenvalue weighted by atomic mass is 10.3. The fraction of sp³-hybridized carbons (Fsp3) is 0.250. The van der Waals surface area contributed by atoms with Crippen LogP contribution in [0.2, 0.25) is 5.02 Å². The van der Waals surface area contributed by atoms with Crippen molar-refractivity contribution < 1.29 is 17.9 Å². The molecular formula is C8H9ClFNO3S. The van der Waals surface area contributed by atoms with Gasteiger partial charge in [0.15, 0.2) is 0 Å². The van der Waals surface area contributed by atoms with Crippen LogP contribution in [0.3, 0.4) is 0 Å². The van der Waals surface area contributed by atoms with Gasteiger partial charge in [0.25, 0.3) is 0 Å². The van der Waals surface area contributed by atoms with Crippen LogP contribution >= 0.6 is 11.6 Å². The summed E-state index contributed by atoms with van der Waals surface area (Å²) >= 11 is 5.44. The van der Waals surface area contributed by atoms with E-state index < -0.39 is 15.8 Å². The molecule has 0 atom stereocenters. The van der Waals surface area contributed by atoms with Crippen LogP contribution in [0.1, 0.15) is 0 Å². The quantitative estimate of drug-likeness (QED) is 0.832. The molecule has 0 amide bonds. The van der Waals surface area contributed by atoms with Gasteiger partial charge in [-0.2, -0.15) is 0 Å². The van der Waals surface area contributed by atoms with Crippen molar-refractivity contribution in [1.29, 1.82) is 0 Å². The van der Waals surface area contributed by atoms with Gasteiger partial charge in [-0.15, -0.1) is 0 Å². The monoisotopic (exact) mass is 253 g/mol. The number of aliphatic hydroxyl groups is 1. The van der Waals surface area contributed by atoms with E-state index in [1.807, 2.05) is 0 Å². The number of rotatable bonds is 4. The summed E-state index contributed by atoms with van der Waals surface area (Å²) in [6, 6.07) is 3.08. The highest BCUT2D eigenvalue weighted by atomic mass is 35.5. The minimum absolute atomic E-state index is 0.0999. The molecule has 1 aromatic carbocycles. The molecule has 0 radical (unpaired) electrons. The van der Waals surface area contributed by atoms with E-state index in [2.05, 4.69) is 4.72 Å². The third kappa shape index (κ3) is 3.13. The summed E-state index contributed by atoms with van der Waals surface area (Å²) in [5.41, 5.74) is 0. The maximum absolute atomic E-state index is 12.8. The minimum Gasteiger partial charge on any atom is -0.395 e. The first kappa shape index (κ1) is 12.4. The molecule has 0 unspecified atom stereocenters. The summed E-state index contributed by atoms with van der Waals surface area (Å²) in [6.45, 7) is -0.411.